The van der Waals surface area contributed by atoms with Crippen LogP contribution in [0, 0.1) is 5.41 Å². The molecule has 0 aromatic heterocycles. The first-order valence-corrected chi connectivity index (χ1v) is 9.46. The quantitative estimate of drug-likeness (QED) is 0.741. The first-order valence-electron chi connectivity index (χ1n) is 9.46. The van der Waals surface area contributed by atoms with Gasteiger partial charge in [0.05, 0.1) is 5.54 Å². The third kappa shape index (κ3) is 3.18. The lowest BCUT2D eigenvalue weighted by Gasteiger charge is -2.52. The maximum atomic E-state index is 12.7. The summed E-state index contributed by atoms with van der Waals surface area (Å²) < 4.78 is 0. The molecule has 126 valence electrons. The van der Waals surface area contributed by atoms with Crippen LogP contribution in [0.15, 0.2) is 30.3 Å². The summed E-state index contributed by atoms with van der Waals surface area (Å²) in [5.74, 6) is 0.374. The predicted molar refractivity (Wildman–Crippen MR) is 95.2 cm³/mol. The van der Waals surface area contributed by atoms with Crippen molar-refractivity contribution in [2.45, 2.75) is 77.2 Å². The number of rotatable bonds is 4. The molecule has 0 bridgehead atoms. The Labute approximate surface area is 141 Å². The molecule has 1 saturated carbocycles. The highest BCUT2D eigenvalue weighted by Crippen LogP contribution is 2.51. The molecule has 1 aromatic rings. The molecule has 1 aliphatic carbocycles. The Kier molecular flexibility index (Phi) is 4.79. The molecule has 0 atom stereocenters. The smallest absolute Gasteiger partial charge is 0.223 e. The van der Waals surface area contributed by atoms with Crippen LogP contribution in [0.3, 0.4) is 0 Å². The minimum Gasteiger partial charge on any atom is -0.333 e. The number of likely N-dealkylation sites (tertiary alicyclic amines) is 1. The van der Waals surface area contributed by atoms with Crippen molar-refractivity contribution in [3.63, 3.8) is 0 Å². The number of carbonyl (C=O) groups is 1. The maximum Gasteiger partial charge on any atom is 0.223 e. The monoisotopic (exact) mass is 313 g/mol. The molecule has 1 saturated heterocycles. The first-order chi connectivity index (χ1) is 11.1. The zero-order valence-electron chi connectivity index (χ0n) is 14.8. The van der Waals surface area contributed by atoms with Crippen LogP contribution < -0.4 is 0 Å². The van der Waals surface area contributed by atoms with Gasteiger partial charge >= 0.3 is 0 Å². The van der Waals surface area contributed by atoms with Gasteiger partial charge in [-0.2, -0.15) is 0 Å². The third-order valence-corrected chi connectivity index (χ3v) is 6.29. The van der Waals surface area contributed by atoms with Crippen LogP contribution >= 0.6 is 0 Å². The molecule has 0 unspecified atom stereocenters. The average molecular weight is 313 g/mol. The lowest BCUT2D eigenvalue weighted by molar-refractivity contribution is -0.144. The normalized spacial score (nSPS) is 32.1. The molecule has 23 heavy (non-hydrogen) atoms. The molecule has 3 rings (SSSR count). The van der Waals surface area contributed by atoms with E-state index in [9.17, 15) is 4.79 Å². The summed E-state index contributed by atoms with van der Waals surface area (Å²) in [4.78, 5) is 14.9. The number of carbonyl (C=O) groups excluding carboxylic acids is 1. The van der Waals surface area contributed by atoms with Gasteiger partial charge < -0.3 is 4.90 Å². The Morgan fingerprint density at radius 2 is 1.74 bits per heavy atom. The van der Waals surface area contributed by atoms with E-state index >= 15 is 0 Å². The van der Waals surface area contributed by atoms with Gasteiger partial charge in [0, 0.05) is 13.0 Å². The third-order valence-electron chi connectivity index (χ3n) is 6.29. The molecule has 2 aliphatic rings. The number of piperidine rings is 1. The van der Waals surface area contributed by atoms with Crippen molar-refractivity contribution >= 4 is 5.91 Å². The van der Waals surface area contributed by atoms with E-state index in [4.69, 9.17) is 0 Å². The number of benzene rings is 1. The van der Waals surface area contributed by atoms with Crippen molar-refractivity contribution in [2.75, 3.05) is 6.54 Å². The van der Waals surface area contributed by atoms with E-state index in [1.54, 1.807) is 0 Å². The molecule has 1 aliphatic heterocycles. The second-order valence-corrected chi connectivity index (χ2v) is 7.96. The highest BCUT2D eigenvalue weighted by molar-refractivity contribution is 5.78. The molecule has 2 nitrogen and oxygen atoms in total. The van der Waals surface area contributed by atoms with E-state index in [2.05, 4.69) is 49.1 Å². The van der Waals surface area contributed by atoms with Gasteiger partial charge in [-0.15, -0.1) is 0 Å². The zero-order valence-corrected chi connectivity index (χ0v) is 14.8. The summed E-state index contributed by atoms with van der Waals surface area (Å²) >= 11 is 0. The van der Waals surface area contributed by atoms with Crippen LogP contribution in [0.1, 0.15) is 77.2 Å². The van der Waals surface area contributed by atoms with Crippen molar-refractivity contribution < 1.29 is 4.79 Å². The van der Waals surface area contributed by atoms with Gasteiger partial charge in [0.2, 0.25) is 5.91 Å². The van der Waals surface area contributed by atoms with Crippen LogP contribution in [0.2, 0.25) is 0 Å². The van der Waals surface area contributed by atoms with Gasteiger partial charge in [0.15, 0.2) is 0 Å². The summed E-state index contributed by atoms with van der Waals surface area (Å²) in [6.07, 6.45) is 10.3. The molecule has 1 heterocycles. The fourth-order valence-corrected chi connectivity index (χ4v) is 4.84. The molecule has 0 spiro atoms. The number of hydrogen-bond donors (Lipinski definition) is 0. The van der Waals surface area contributed by atoms with Crippen LogP contribution in [-0.2, 0) is 10.3 Å². The summed E-state index contributed by atoms with van der Waals surface area (Å²) in [6.45, 7) is 5.68. The van der Waals surface area contributed by atoms with Crippen molar-refractivity contribution in [1.82, 2.24) is 4.90 Å². The average Bonchev–Trinajstić information content (AvgIpc) is 2.58. The van der Waals surface area contributed by atoms with E-state index in [0.29, 0.717) is 11.3 Å². The fourth-order valence-electron chi connectivity index (χ4n) is 4.84. The highest BCUT2D eigenvalue weighted by atomic mass is 16.2. The molecular weight excluding hydrogens is 282 g/mol. The standard InChI is InChI=1S/C21H31NO/c1-3-12-20(2)13-15-21(16-14-20,18-9-5-4-6-10-18)22-17-8-7-11-19(22)23/h4-6,9-10H,3,7-8,11-17H2,1-2H3. The molecule has 0 radical (unpaired) electrons. The fraction of sp³-hybridized carbons (Fsp3) is 0.667. The summed E-state index contributed by atoms with van der Waals surface area (Å²) in [7, 11) is 0. The summed E-state index contributed by atoms with van der Waals surface area (Å²) in [5.41, 5.74) is 1.77. The molecular formula is C21H31NO. The SMILES string of the molecule is CCCC1(C)CCC(c2ccccc2)(N2CCCCC2=O)CC1. The van der Waals surface area contributed by atoms with Crippen LogP contribution in [-0.4, -0.2) is 17.4 Å². The van der Waals surface area contributed by atoms with Gasteiger partial charge in [-0.05, 0) is 55.9 Å². The van der Waals surface area contributed by atoms with E-state index in [0.717, 1.165) is 38.6 Å². The van der Waals surface area contributed by atoms with Gasteiger partial charge in [-0.1, -0.05) is 50.6 Å². The van der Waals surface area contributed by atoms with Crippen molar-refractivity contribution in [1.29, 1.82) is 0 Å². The first kappa shape index (κ1) is 16.5. The summed E-state index contributed by atoms with van der Waals surface area (Å²) in [6, 6.07) is 10.8. The predicted octanol–water partition coefficient (Wildman–Crippen LogP) is 5.27. The molecule has 1 aromatic carbocycles. The number of amides is 1. The Hall–Kier alpha value is -1.31. The summed E-state index contributed by atoms with van der Waals surface area (Å²) in [5, 5.41) is 0. The Morgan fingerprint density at radius 1 is 1.04 bits per heavy atom. The molecule has 2 heteroatoms. The van der Waals surface area contributed by atoms with Crippen LogP contribution in [0.5, 0.6) is 0 Å². The Bertz CT molecular complexity index is 528. The van der Waals surface area contributed by atoms with Gasteiger partial charge in [-0.3, -0.25) is 4.79 Å². The zero-order chi connectivity index (χ0) is 16.3. The minimum absolute atomic E-state index is 0.0496. The van der Waals surface area contributed by atoms with Gasteiger partial charge in [0.25, 0.3) is 0 Å². The van der Waals surface area contributed by atoms with Gasteiger partial charge in [0.1, 0.15) is 0 Å². The van der Waals surface area contributed by atoms with Crippen molar-refractivity contribution in [3.05, 3.63) is 35.9 Å². The number of hydrogen-bond acceptors (Lipinski definition) is 1. The minimum atomic E-state index is -0.0496. The Balaban J connectivity index is 1.91. The second kappa shape index (κ2) is 6.67. The lowest BCUT2D eigenvalue weighted by Crippen LogP contribution is -2.54. The van der Waals surface area contributed by atoms with Crippen LogP contribution in [0.4, 0.5) is 0 Å². The maximum absolute atomic E-state index is 12.7. The largest absolute Gasteiger partial charge is 0.333 e. The van der Waals surface area contributed by atoms with E-state index in [1.807, 2.05) is 0 Å². The number of nitrogens with zero attached hydrogens (tertiary/aromatic N) is 1. The second-order valence-electron chi connectivity index (χ2n) is 7.96. The Morgan fingerprint density at radius 3 is 2.35 bits per heavy atom. The highest BCUT2D eigenvalue weighted by Gasteiger charge is 2.46. The van der Waals surface area contributed by atoms with Gasteiger partial charge in [-0.25, -0.2) is 0 Å². The lowest BCUT2D eigenvalue weighted by atomic mass is 9.63. The molecule has 0 N–H and O–H groups in total. The van der Waals surface area contributed by atoms with E-state index in [-0.39, 0.29) is 5.54 Å². The van der Waals surface area contributed by atoms with Crippen molar-refractivity contribution in [2.24, 2.45) is 5.41 Å². The van der Waals surface area contributed by atoms with Crippen LogP contribution in [0.25, 0.3) is 0 Å². The van der Waals surface area contributed by atoms with E-state index < -0.39 is 0 Å². The molecule has 2 fully saturated rings. The molecule has 1 amide bonds. The van der Waals surface area contributed by atoms with E-state index in [1.165, 1.54) is 31.2 Å². The van der Waals surface area contributed by atoms with Crippen molar-refractivity contribution in [3.8, 4) is 0 Å². The topological polar surface area (TPSA) is 20.3 Å².